The van der Waals surface area contributed by atoms with Gasteiger partial charge < -0.3 is 10.3 Å². The van der Waals surface area contributed by atoms with Gasteiger partial charge in [0.15, 0.2) is 0 Å². The maximum Gasteiger partial charge on any atom is 0.0692 e. The number of aromatic amines is 1. The molecule has 0 aliphatic carbocycles. The Hall–Kier alpha value is -1.70. The Kier molecular flexibility index (Phi) is 1.59. The number of H-pyrrole nitrogens is 1. The second-order valence-electron chi connectivity index (χ2n) is 2.60. The van der Waals surface area contributed by atoms with Crippen LogP contribution in [0, 0.1) is 0 Å². The van der Waals surface area contributed by atoms with Gasteiger partial charge in [0.1, 0.15) is 0 Å². The van der Waals surface area contributed by atoms with Gasteiger partial charge in [0.2, 0.25) is 0 Å². The highest BCUT2D eigenvalue weighted by atomic mass is 14.9. The summed E-state index contributed by atoms with van der Waals surface area (Å²) in [6, 6.07) is 8.15. The summed E-state index contributed by atoms with van der Waals surface area (Å²) in [5.41, 5.74) is 2.19. The number of para-hydroxylation sites is 1. The molecule has 0 unspecified atom stereocenters. The summed E-state index contributed by atoms with van der Waals surface area (Å²) in [7, 11) is 0. The van der Waals surface area contributed by atoms with Gasteiger partial charge in [-0.1, -0.05) is 18.7 Å². The van der Waals surface area contributed by atoms with Crippen LogP contribution in [0.2, 0.25) is 0 Å². The first-order valence-corrected chi connectivity index (χ1v) is 3.85. The van der Waals surface area contributed by atoms with Gasteiger partial charge in [-0.25, -0.2) is 0 Å². The van der Waals surface area contributed by atoms with Gasteiger partial charge in [-0.2, -0.15) is 0 Å². The predicted octanol–water partition coefficient (Wildman–Crippen LogP) is 2.72. The van der Waals surface area contributed by atoms with Crippen LogP contribution in [-0.2, 0) is 0 Å². The van der Waals surface area contributed by atoms with Crippen molar-refractivity contribution in [1.29, 1.82) is 0 Å². The Bertz CT molecular complexity index is 401. The highest BCUT2D eigenvalue weighted by molar-refractivity contribution is 5.91. The van der Waals surface area contributed by atoms with E-state index in [1.165, 1.54) is 5.39 Å². The van der Waals surface area contributed by atoms with Crippen molar-refractivity contribution in [2.45, 2.75) is 0 Å². The molecule has 2 aromatic rings. The topological polar surface area (TPSA) is 27.8 Å². The standard InChI is InChI=1S/C10H10N2/c1-2-11-9-5-3-4-8-6-7-12-10(8)9/h2-7,11-12H,1H2. The molecule has 2 heteroatoms. The zero-order chi connectivity index (χ0) is 8.39. The number of nitrogens with one attached hydrogen (secondary N) is 2. The van der Waals surface area contributed by atoms with E-state index in [9.17, 15) is 0 Å². The second-order valence-corrected chi connectivity index (χ2v) is 2.60. The maximum atomic E-state index is 3.62. The highest BCUT2D eigenvalue weighted by Crippen LogP contribution is 2.20. The van der Waals surface area contributed by atoms with Gasteiger partial charge in [0, 0.05) is 11.6 Å². The quantitative estimate of drug-likeness (QED) is 0.691. The number of rotatable bonds is 2. The van der Waals surface area contributed by atoms with Crippen molar-refractivity contribution in [3.8, 4) is 0 Å². The van der Waals surface area contributed by atoms with Gasteiger partial charge >= 0.3 is 0 Å². The Labute approximate surface area is 70.9 Å². The number of hydrogen-bond donors (Lipinski definition) is 2. The first-order valence-electron chi connectivity index (χ1n) is 3.85. The molecule has 0 bridgehead atoms. The monoisotopic (exact) mass is 158 g/mol. The summed E-state index contributed by atoms with van der Waals surface area (Å²) >= 11 is 0. The van der Waals surface area contributed by atoms with Gasteiger partial charge in [-0.15, -0.1) is 0 Å². The Balaban J connectivity index is 2.65. The van der Waals surface area contributed by atoms with E-state index in [4.69, 9.17) is 0 Å². The molecule has 2 rings (SSSR count). The first-order chi connectivity index (χ1) is 5.92. The van der Waals surface area contributed by atoms with Crippen molar-refractivity contribution in [2.75, 3.05) is 5.32 Å². The summed E-state index contributed by atoms with van der Waals surface area (Å²) in [4.78, 5) is 3.16. The number of aromatic nitrogens is 1. The van der Waals surface area contributed by atoms with Crippen molar-refractivity contribution in [2.24, 2.45) is 0 Å². The van der Waals surface area contributed by atoms with Gasteiger partial charge in [0.05, 0.1) is 11.2 Å². The van der Waals surface area contributed by atoms with E-state index in [2.05, 4.69) is 22.9 Å². The average Bonchev–Trinajstić information content (AvgIpc) is 2.53. The molecule has 1 aromatic heterocycles. The smallest absolute Gasteiger partial charge is 0.0692 e. The van der Waals surface area contributed by atoms with Crippen molar-refractivity contribution < 1.29 is 0 Å². The van der Waals surface area contributed by atoms with Crippen LogP contribution in [0.15, 0.2) is 43.2 Å². The third-order valence-electron chi connectivity index (χ3n) is 1.84. The Morgan fingerprint density at radius 2 is 2.25 bits per heavy atom. The van der Waals surface area contributed by atoms with Crippen LogP contribution in [0.3, 0.4) is 0 Å². The van der Waals surface area contributed by atoms with E-state index in [0.29, 0.717) is 0 Å². The fraction of sp³-hybridized carbons (Fsp3) is 0. The number of fused-ring (bicyclic) bond motifs is 1. The zero-order valence-corrected chi connectivity index (χ0v) is 6.67. The van der Waals surface area contributed by atoms with Gasteiger partial charge in [-0.05, 0) is 18.3 Å². The van der Waals surface area contributed by atoms with E-state index in [-0.39, 0.29) is 0 Å². The number of anilines is 1. The minimum Gasteiger partial charge on any atom is -0.361 e. The van der Waals surface area contributed by atoms with Crippen molar-refractivity contribution in [3.63, 3.8) is 0 Å². The van der Waals surface area contributed by atoms with Crippen LogP contribution < -0.4 is 5.32 Å². The van der Waals surface area contributed by atoms with Crippen molar-refractivity contribution in [1.82, 2.24) is 4.98 Å². The molecule has 0 spiro atoms. The Morgan fingerprint density at radius 1 is 1.33 bits per heavy atom. The zero-order valence-electron chi connectivity index (χ0n) is 6.67. The largest absolute Gasteiger partial charge is 0.361 e. The van der Waals surface area contributed by atoms with Crippen LogP contribution in [0.5, 0.6) is 0 Å². The lowest BCUT2D eigenvalue weighted by atomic mass is 10.2. The molecule has 0 saturated carbocycles. The van der Waals surface area contributed by atoms with Crippen molar-refractivity contribution in [3.05, 3.63) is 43.2 Å². The molecule has 2 nitrogen and oxygen atoms in total. The molecular weight excluding hydrogens is 148 g/mol. The SMILES string of the molecule is C=CNc1cccc2cc[nH]c12. The number of hydrogen-bond acceptors (Lipinski definition) is 1. The molecule has 0 amide bonds. The normalized spacial score (nSPS) is 10.0. The van der Waals surface area contributed by atoms with Gasteiger partial charge in [-0.3, -0.25) is 0 Å². The van der Waals surface area contributed by atoms with E-state index >= 15 is 0 Å². The lowest BCUT2D eigenvalue weighted by molar-refractivity contribution is 1.47. The molecule has 0 saturated heterocycles. The maximum absolute atomic E-state index is 3.62. The highest BCUT2D eigenvalue weighted by Gasteiger charge is 1.97. The molecule has 1 heterocycles. The third kappa shape index (κ3) is 0.975. The molecule has 0 radical (unpaired) electrons. The van der Waals surface area contributed by atoms with Crippen LogP contribution in [0.1, 0.15) is 0 Å². The molecule has 0 atom stereocenters. The summed E-state index contributed by atoms with van der Waals surface area (Å²) in [6.07, 6.45) is 3.61. The van der Waals surface area contributed by atoms with Crippen LogP contribution in [-0.4, -0.2) is 4.98 Å². The molecule has 12 heavy (non-hydrogen) atoms. The minimum absolute atomic E-state index is 1.06. The van der Waals surface area contributed by atoms with Crippen LogP contribution in [0.4, 0.5) is 5.69 Å². The first kappa shape index (κ1) is 6.98. The number of benzene rings is 1. The van der Waals surface area contributed by atoms with E-state index in [0.717, 1.165) is 11.2 Å². The Morgan fingerprint density at radius 3 is 3.08 bits per heavy atom. The average molecular weight is 158 g/mol. The molecular formula is C10H10N2. The molecule has 0 aliphatic rings. The lowest BCUT2D eigenvalue weighted by Gasteiger charge is -2.00. The summed E-state index contributed by atoms with van der Waals surface area (Å²) in [5, 5.41) is 4.28. The van der Waals surface area contributed by atoms with Gasteiger partial charge in [0.25, 0.3) is 0 Å². The van der Waals surface area contributed by atoms with Crippen LogP contribution in [0.25, 0.3) is 10.9 Å². The lowest BCUT2D eigenvalue weighted by Crippen LogP contribution is -1.86. The second kappa shape index (κ2) is 2.74. The molecule has 2 N–H and O–H groups in total. The van der Waals surface area contributed by atoms with E-state index < -0.39 is 0 Å². The minimum atomic E-state index is 1.06. The fourth-order valence-electron chi connectivity index (χ4n) is 1.32. The van der Waals surface area contributed by atoms with E-state index in [1.807, 2.05) is 24.4 Å². The third-order valence-corrected chi connectivity index (χ3v) is 1.84. The summed E-state index contributed by atoms with van der Waals surface area (Å²) in [5.74, 6) is 0. The summed E-state index contributed by atoms with van der Waals surface area (Å²) in [6.45, 7) is 3.62. The molecule has 0 aliphatic heterocycles. The van der Waals surface area contributed by atoms with Crippen LogP contribution >= 0.6 is 0 Å². The van der Waals surface area contributed by atoms with Crippen molar-refractivity contribution >= 4 is 16.6 Å². The van der Waals surface area contributed by atoms with E-state index in [1.54, 1.807) is 6.20 Å². The fourth-order valence-corrected chi connectivity index (χ4v) is 1.32. The molecule has 0 fully saturated rings. The summed E-state index contributed by atoms with van der Waals surface area (Å²) < 4.78 is 0. The molecule has 60 valence electrons. The predicted molar refractivity (Wildman–Crippen MR) is 52.1 cm³/mol. The molecule has 1 aromatic carbocycles.